The number of benzene rings is 1. The van der Waals surface area contributed by atoms with Crippen LogP contribution in [0.3, 0.4) is 0 Å². The summed E-state index contributed by atoms with van der Waals surface area (Å²) in [4.78, 5) is 23.7. The highest BCUT2D eigenvalue weighted by Crippen LogP contribution is 2.22. The van der Waals surface area contributed by atoms with Gasteiger partial charge in [0.1, 0.15) is 11.5 Å². The molecule has 1 heterocycles. The molecule has 21 heavy (non-hydrogen) atoms. The molecule has 0 saturated carbocycles. The van der Waals surface area contributed by atoms with Crippen LogP contribution >= 0.6 is 0 Å². The van der Waals surface area contributed by atoms with Crippen molar-refractivity contribution in [1.82, 2.24) is 5.32 Å². The second kappa shape index (κ2) is 5.83. The van der Waals surface area contributed by atoms with Crippen LogP contribution in [0.2, 0.25) is 0 Å². The zero-order chi connectivity index (χ0) is 15.6. The third kappa shape index (κ3) is 2.97. The van der Waals surface area contributed by atoms with Gasteiger partial charge in [-0.1, -0.05) is 0 Å². The van der Waals surface area contributed by atoms with Gasteiger partial charge in [-0.05, 0) is 45.0 Å². The van der Waals surface area contributed by atoms with Crippen LogP contribution in [0.1, 0.15) is 37.8 Å². The number of anilines is 1. The van der Waals surface area contributed by atoms with Crippen LogP contribution in [-0.4, -0.2) is 18.9 Å². The fraction of sp³-hybridized carbons (Fsp3) is 0.250. The smallest absolute Gasteiger partial charge is 0.259 e. The van der Waals surface area contributed by atoms with Gasteiger partial charge in [-0.3, -0.25) is 9.59 Å². The predicted octanol–water partition coefficient (Wildman–Crippen LogP) is 2.82. The van der Waals surface area contributed by atoms with E-state index in [9.17, 15) is 9.59 Å². The molecule has 0 aliphatic carbocycles. The number of nitrogens with one attached hydrogen (secondary N) is 2. The first-order chi connectivity index (χ1) is 9.93. The molecule has 0 saturated heterocycles. The molecule has 0 atom stereocenters. The predicted molar refractivity (Wildman–Crippen MR) is 80.7 cm³/mol. The number of furan rings is 1. The highest BCUT2D eigenvalue weighted by molar-refractivity contribution is 6.06. The summed E-state index contributed by atoms with van der Waals surface area (Å²) in [7, 11) is 1.57. The molecule has 0 aliphatic heterocycles. The summed E-state index contributed by atoms with van der Waals surface area (Å²) < 4.78 is 5.46. The zero-order valence-corrected chi connectivity index (χ0v) is 12.5. The maximum absolute atomic E-state index is 12.3. The second-order valence-electron chi connectivity index (χ2n) is 4.83. The molecule has 1 aromatic carbocycles. The van der Waals surface area contributed by atoms with E-state index in [2.05, 4.69) is 10.6 Å². The highest BCUT2D eigenvalue weighted by atomic mass is 16.3. The Balaban J connectivity index is 2.18. The minimum Gasteiger partial charge on any atom is -0.466 e. The molecular weight excluding hydrogens is 268 g/mol. The molecule has 2 rings (SSSR count). The van der Waals surface area contributed by atoms with Crippen molar-refractivity contribution < 1.29 is 14.0 Å². The summed E-state index contributed by atoms with van der Waals surface area (Å²) in [5.74, 6) is 0.969. The summed E-state index contributed by atoms with van der Waals surface area (Å²) in [5.41, 5.74) is 2.57. The van der Waals surface area contributed by atoms with Crippen LogP contribution in [0, 0.1) is 20.8 Å². The first kappa shape index (κ1) is 14.8. The van der Waals surface area contributed by atoms with Crippen molar-refractivity contribution in [2.75, 3.05) is 12.4 Å². The van der Waals surface area contributed by atoms with Crippen LogP contribution < -0.4 is 10.6 Å². The Hall–Kier alpha value is -2.56. The SMILES string of the molecule is CNC(=O)c1ccc(NC(=O)c2c(C)oc(C)c2C)cc1. The Morgan fingerprint density at radius 2 is 1.57 bits per heavy atom. The van der Waals surface area contributed by atoms with Crippen molar-refractivity contribution in [3.63, 3.8) is 0 Å². The maximum atomic E-state index is 12.3. The van der Waals surface area contributed by atoms with Crippen molar-refractivity contribution in [2.45, 2.75) is 20.8 Å². The van der Waals surface area contributed by atoms with Crippen LogP contribution in [0.5, 0.6) is 0 Å². The largest absolute Gasteiger partial charge is 0.466 e. The molecule has 0 aliphatic rings. The van der Waals surface area contributed by atoms with Crippen LogP contribution in [-0.2, 0) is 0 Å². The number of carbonyl (C=O) groups is 2. The van der Waals surface area contributed by atoms with Gasteiger partial charge in [0.05, 0.1) is 5.56 Å². The fourth-order valence-corrected chi connectivity index (χ4v) is 2.17. The fourth-order valence-electron chi connectivity index (χ4n) is 2.17. The summed E-state index contributed by atoms with van der Waals surface area (Å²) in [6, 6.07) is 6.71. The Bertz CT molecular complexity index is 684. The minimum absolute atomic E-state index is 0.162. The second-order valence-corrected chi connectivity index (χ2v) is 4.83. The van der Waals surface area contributed by atoms with E-state index in [-0.39, 0.29) is 11.8 Å². The van der Waals surface area contributed by atoms with Crippen LogP contribution in [0.25, 0.3) is 0 Å². The van der Waals surface area contributed by atoms with Gasteiger partial charge in [-0.15, -0.1) is 0 Å². The van der Waals surface area contributed by atoms with Gasteiger partial charge in [-0.25, -0.2) is 0 Å². The lowest BCUT2D eigenvalue weighted by atomic mass is 10.1. The van der Waals surface area contributed by atoms with E-state index in [0.29, 0.717) is 22.6 Å². The lowest BCUT2D eigenvalue weighted by Gasteiger charge is -2.06. The summed E-state index contributed by atoms with van der Waals surface area (Å²) in [6.45, 7) is 5.45. The van der Waals surface area contributed by atoms with Gasteiger partial charge in [0.15, 0.2) is 0 Å². The van der Waals surface area contributed by atoms with Crippen LogP contribution in [0.15, 0.2) is 28.7 Å². The first-order valence-electron chi connectivity index (χ1n) is 6.64. The van der Waals surface area contributed by atoms with Gasteiger partial charge in [0.2, 0.25) is 0 Å². The van der Waals surface area contributed by atoms with Gasteiger partial charge < -0.3 is 15.1 Å². The Labute approximate surface area is 123 Å². The number of rotatable bonds is 3. The Morgan fingerprint density at radius 3 is 2.05 bits per heavy atom. The third-order valence-corrected chi connectivity index (χ3v) is 3.42. The summed E-state index contributed by atoms with van der Waals surface area (Å²) >= 11 is 0. The standard InChI is InChI=1S/C16H18N2O3/c1-9-10(2)21-11(3)14(9)16(20)18-13-7-5-12(6-8-13)15(19)17-4/h5-8H,1-4H3,(H,17,19)(H,18,20). The van der Waals surface area contributed by atoms with E-state index in [1.807, 2.05) is 13.8 Å². The average molecular weight is 286 g/mol. The molecule has 0 radical (unpaired) electrons. The molecule has 2 N–H and O–H groups in total. The van der Waals surface area contributed by atoms with Gasteiger partial charge in [0.25, 0.3) is 11.8 Å². The molecule has 5 nitrogen and oxygen atoms in total. The quantitative estimate of drug-likeness (QED) is 0.911. The topological polar surface area (TPSA) is 71.3 Å². The maximum Gasteiger partial charge on any atom is 0.259 e. The van der Waals surface area contributed by atoms with E-state index < -0.39 is 0 Å². The molecule has 110 valence electrons. The minimum atomic E-state index is -0.213. The number of hydrogen-bond donors (Lipinski definition) is 2. The lowest BCUT2D eigenvalue weighted by molar-refractivity contribution is 0.0962. The van der Waals surface area contributed by atoms with E-state index in [4.69, 9.17) is 4.42 Å². The molecule has 2 aromatic rings. The van der Waals surface area contributed by atoms with E-state index in [0.717, 1.165) is 11.3 Å². The average Bonchev–Trinajstić information content (AvgIpc) is 2.72. The normalized spacial score (nSPS) is 10.3. The van der Waals surface area contributed by atoms with E-state index in [1.54, 1.807) is 38.2 Å². The van der Waals surface area contributed by atoms with Crippen molar-refractivity contribution >= 4 is 17.5 Å². The van der Waals surface area contributed by atoms with Gasteiger partial charge in [-0.2, -0.15) is 0 Å². The van der Waals surface area contributed by atoms with Gasteiger partial charge in [0, 0.05) is 23.9 Å². The number of hydrogen-bond acceptors (Lipinski definition) is 3. The third-order valence-electron chi connectivity index (χ3n) is 3.42. The van der Waals surface area contributed by atoms with Gasteiger partial charge >= 0.3 is 0 Å². The Kier molecular flexibility index (Phi) is 4.12. The molecule has 0 unspecified atom stereocenters. The number of aryl methyl sites for hydroxylation is 2. The molecule has 0 spiro atoms. The summed E-state index contributed by atoms with van der Waals surface area (Å²) in [5, 5.41) is 5.35. The molecule has 1 aromatic heterocycles. The van der Waals surface area contributed by atoms with Crippen LogP contribution in [0.4, 0.5) is 5.69 Å². The van der Waals surface area contributed by atoms with Crippen molar-refractivity contribution in [3.8, 4) is 0 Å². The molecule has 0 bridgehead atoms. The zero-order valence-electron chi connectivity index (χ0n) is 12.5. The molecule has 0 fully saturated rings. The lowest BCUT2D eigenvalue weighted by Crippen LogP contribution is -2.18. The highest BCUT2D eigenvalue weighted by Gasteiger charge is 2.18. The first-order valence-corrected chi connectivity index (χ1v) is 6.64. The van der Waals surface area contributed by atoms with E-state index >= 15 is 0 Å². The van der Waals surface area contributed by atoms with E-state index in [1.165, 1.54) is 0 Å². The number of amides is 2. The summed E-state index contributed by atoms with van der Waals surface area (Å²) in [6.07, 6.45) is 0. The van der Waals surface area contributed by atoms with Crippen molar-refractivity contribution in [1.29, 1.82) is 0 Å². The monoisotopic (exact) mass is 286 g/mol. The molecule has 2 amide bonds. The molecule has 5 heteroatoms. The number of carbonyl (C=O) groups excluding carboxylic acids is 2. The Morgan fingerprint density at radius 1 is 0.952 bits per heavy atom. The molecular formula is C16H18N2O3. The van der Waals surface area contributed by atoms with Crippen molar-refractivity contribution in [3.05, 3.63) is 52.5 Å². The van der Waals surface area contributed by atoms with Crippen molar-refractivity contribution in [2.24, 2.45) is 0 Å².